The maximum atomic E-state index is 12.2. The van der Waals surface area contributed by atoms with Crippen molar-refractivity contribution in [3.8, 4) is 0 Å². The molecule has 1 aromatic heterocycles. The van der Waals surface area contributed by atoms with E-state index in [2.05, 4.69) is 10.4 Å². The number of carbonyl (C=O) groups excluding carboxylic acids is 1. The maximum Gasteiger partial charge on any atom is 0.277 e. The number of halogens is 4. The van der Waals surface area contributed by atoms with Crippen molar-refractivity contribution in [2.45, 2.75) is 5.88 Å². The van der Waals surface area contributed by atoms with Crippen LogP contribution in [-0.2, 0) is 15.7 Å². The van der Waals surface area contributed by atoms with Crippen LogP contribution in [0, 0.1) is 0 Å². The summed E-state index contributed by atoms with van der Waals surface area (Å²) in [4.78, 5) is 12.2. The van der Waals surface area contributed by atoms with Gasteiger partial charge in [-0.1, -0.05) is 46.4 Å². The first-order chi connectivity index (χ1) is 10.6. The van der Waals surface area contributed by atoms with Gasteiger partial charge >= 0.3 is 0 Å². The zero-order valence-corrected chi connectivity index (χ0v) is 15.3. The fourth-order valence-corrected chi connectivity index (χ4v) is 3.21. The van der Waals surface area contributed by atoms with Crippen LogP contribution in [0.2, 0.25) is 20.2 Å². The summed E-state index contributed by atoms with van der Waals surface area (Å²) in [5.74, 6) is -1.19. The van der Waals surface area contributed by atoms with Crippen LogP contribution < -0.4 is 5.32 Å². The first kappa shape index (κ1) is 18.4. The Labute approximate surface area is 152 Å². The lowest BCUT2D eigenvalue weighted by Gasteiger charge is -2.06. The number of amides is 1. The van der Waals surface area contributed by atoms with E-state index in [0.717, 1.165) is 10.9 Å². The van der Waals surface area contributed by atoms with Crippen LogP contribution in [0.25, 0.3) is 0 Å². The summed E-state index contributed by atoms with van der Waals surface area (Å²) in [7, 11) is -3.41. The summed E-state index contributed by atoms with van der Waals surface area (Å²) in [5.41, 5.74) is 0.0808. The molecule has 0 bridgehead atoms. The molecule has 2 rings (SSSR count). The van der Waals surface area contributed by atoms with Crippen molar-refractivity contribution in [1.82, 2.24) is 9.78 Å². The quantitative estimate of drug-likeness (QED) is 0.822. The van der Waals surface area contributed by atoms with Crippen LogP contribution in [0.3, 0.4) is 0 Å². The van der Waals surface area contributed by atoms with Gasteiger partial charge in [0.05, 0.1) is 10.7 Å². The van der Waals surface area contributed by atoms with Crippen LogP contribution in [0.5, 0.6) is 0 Å². The van der Waals surface area contributed by atoms with Crippen molar-refractivity contribution >= 4 is 67.8 Å². The third-order valence-electron chi connectivity index (χ3n) is 2.59. The molecule has 0 spiro atoms. The summed E-state index contributed by atoms with van der Waals surface area (Å²) in [6, 6.07) is 4.50. The zero-order chi connectivity index (χ0) is 17.4. The second-order valence-electron chi connectivity index (χ2n) is 4.59. The van der Waals surface area contributed by atoms with Gasteiger partial charge in [-0.2, -0.15) is 5.10 Å². The van der Waals surface area contributed by atoms with Crippen LogP contribution in [0.4, 0.5) is 5.69 Å². The van der Waals surface area contributed by atoms with Crippen molar-refractivity contribution in [1.29, 1.82) is 0 Å². The Kier molecular flexibility index (Phi) is 5.48. The molecule has 11 heteroatoms. The highest BCUT2D eigenvalue weighted by molar-refractivity contribution is 7.89. The minimum atomic E-state index is -3.41. The largest absolute Gasteiger partial charge is 0.319 e. The normalized spacial score (nSPS) is 11.5. The first-order valence-corrected chi connectivity index (χ1v) is 9.51. The van der Waals surface area contributed by atoms with Crippen molar-refractivity contribution in [2.75, 3.05) is 11.6 Å². The Balaban J connectivity index is 2.31. The number of nitrogens with one attached hydrogen (secondary N) is 1. The average molecular weight is 417 g/mol. The van der Waals surface area contributed by atoms with E-state index in [1.54, 1.807) is 6.07 Å². The second kappa shape index (κ2) is 6.86. The smallest absolute Gasteiger partial charge is 0.277 e. The standard InChI is InChI=1S/C12H9Cl4N3O3S/c1-23(21,22)5-19-11(16)9(15)10(18-19)12(20)17-8-3-2-6(13)4-7(8)14/h2-4H,5H2,1H3,(H,17,20). The van der Waals surface area contributed by atoms with Crippen LogP contribution in [-0.4, -0.2) is 30.4 Å². The average Bonchev–Trinajstić information content (AvgIpc) is 2.68. The van der Waals surface area contributed by atoms with Gasteiger partial charge in [0.2, 0.25) is 0 Å². The fourth-order valence-electron chi connectivity index (χ4n) is 1.64. The highest BCUT2D eigenvalue weighted by Gasteiger charge is 2.23. The maximum absolute atomic E-state index is 12.2. The molecule has 1 N–H and O–H groups in total. The predicted octanol–water partition coefficient (Wildman–Crippen LogP) is 3.75. The lowest BCUT2D eigenvalue weighted by atomic mass is 10.3. The molecule has 0 saturated carbocycles. The monoisotopic (exact) mass is 415 g/mol. The van der Waals surface area contributed by atoms with E-state index in [1.807, 2.05) is 0 Å². The molecule has 0 unspecified atom stereocenters. The molecular formula is C12H9Cl4N3O3S. The molecule has 0 radical (unpaired) electrons. The van der Waals surface area contributed by atoms with E-state index < -0.39 is 21.6 Å². The third kappa shape index (κ3) is 4.51. The van der Waals surface area contributed by atoms with Crippen molar-refractivity contribution in [3.05, 3.63) is 44.1 Å². The number of rotatable bonds is 4. The fraction of sp³-hybridized carbons (Fsp3) is 0.167. The van der Waals surface area contributed by atoms with Crippen molar-refractivity contribution in [3.63, 3.8) is 0 Å². The van der Waals surface area contributed by atoms with Gasteiger partial charge in [0.15, 0.2) is 15.5 Å². The number of carbonyl (C=O) groups is 1. The number of hydrogen-bond acceptors (Lipinski definition) is 4. The summed E-state index contributed by atoms with van der Waals surface area (Å²) < 4.78 is 23.6. The topological polar surface area (TPSA) is 81.1 Å². The van der Waals surface area contributed by atoms with Gasteiger partial charge in [0.25, 0.3) is 5.91 Å². The number of aromatic nitrogens is 2. The zero-order valence-electron chi connectivity index (χ0n) is 11.5. The van der Waals surface area contributed by atoms with E-state index in [9.17, 15) is 13.2 Å². The summed E-state index contributed by atoms with van der Waals surface area (Å²) in [5, 5.41) is 6.66. The van der Waals surface area contributed by atoms with Gasteiger partial charge in [-0.3, -0.25) is 4.79 Å². The second-order valence-corrected chi connectivity index (χ2v) is 8.28. The minimum Gasteiger partial charge on any atom is -0.319 e. The van der Waals surface area contributed by atoms with Gasteiger partial charge in [0, 0.05) is 11.3 Å². The molecule has 0 aliphatic heterocycles. The van der Waals surface area contributed by atoms with E-state index in [1.165, 1.54) is 12.1 Å². The summed E-state index contributed by atoms with van der Waals surface area (Å²) >= 11 is 23.6. The van der Waals surface area contributed by atoms with E-state index in [4.69, 9.17) is 46.4 Å². The number of benzene rings is 1. The Morgan fingerprint density at radius 1 is 1.26 bits per heavy atom. The molecule has 1 heterocycles. The Bertz CT molecular complexity index is 880. The molecular weight excluding hydrogens is 408 g/mol. The first-order valence-electron chi connectivity index (χ1n) is 5.94. The summed E-state index contributed by atoms with van der Waals surface area (Å²) in [6.07, 6.45) is 1.01. The molecule has 0 atom stereocenters. The number of anilines is 1. The highest BCUT2D eigenvalue weighted by Crippen LogP contribution is 2.29. The Morgan fingerprint density at radius 3 is 2.48 bits per heavy atom. The third-order valence-corrected chi connectivity index (χ3v) is 4.69. The molecule has 0 aliphatic rings. The lowest BCUT2D eigenvalue weighted by molar-refractivity contribution is 0.102. The highest BCUT2D eigenvalue weighted by atomic mass is 35.5. The van der Waals surface area contributed by atoms with Gasteiger partial charge in [-0.05, 0) is 18.2 Å². The predicted molar refractivity (Wildman–Crippen MR) is 91.5 cm³/mol. The molecule has 124 valence electrons. The van der Waals surface area contributed by atoms with E-state index >= 15 is 0 Å². The molecule has 0 fully saturated rings. The number of hydrogen-bond donors (Lipinski definition) is 1. The van der Waals surface area contributed by atoms with Crippen molar-refractivity contribution < 1.29 is 13.2 Å². The Hall–Kier alpha value is -0.990. The molecule has 6 nitrogen and oxygen atoms in total. The van der Waals surface area contributed by atoms with Gasteiger partial charge in [-0.25, -0.2) is 13.1 Å². The van der Waals surface area contributed by atoms with Crippen LogP contribution in [0.15, 0.2) is 18.2 Å². The van der Waals surface area contributed by atoms with E-state index in [0.29, 0.717) is 10.7 Å². The molecule has 2 aromatic rings. The molecule has 0 aliphatic carbocycles. The van der Waals surface area contributed by atoms with Gasteiger partial charge < -0.3 is 5.32 Å². The molecule has 23 heavy (non-hydrogen) atoms. The lowest BCUT2D eigenvalue weighted by Crippen LogP contribution is -2.15. The van der Waals surface area contributed by atoms with Crippen LogP contribution in [0.1, 0.15) is 10.5 Å². The number of nitrogens with zero attached hydrogens (tertiary/aromatic N) is 2. The van der Waals surface area contributed by atoms with Gasteiger partial charge in [0.1, 0.15) is 16.1 Å². The molecule has 0 saturated heterocycles. The van der Waals surface area contributed by atoms with Crippen LogP contribution >= 0.6 is 46.4 Å². The van der Waals surface area contributed by atoms with Crippen molar-refractivity contribution in [2.24, 2.45) is 0 Å². The minimum absolute atomic E-state index is 0.149. The summed E-state index contributed by atoms with van der Waals surface area (Å²) in [6.45, 7) is 0. The van der Waals surface area contributed by atoms with E-state index in [-0.39, 0.29) is 20.9 Å². The molecule has 1 amide bonds. The molecule has 1 aromatic carbocycles. The SMILES string of the molecule is CS(=O)(=O)Cn1nc(C(=O)Nc2ccc(Cl)cc2Cl)c(Cl)c1Cl. The van der Waals surface area contributed by atoms with Gasteiger partial charge in [-0.15, -0.1) is 0 Å². The Morgan fingerprint density at radius 2 is 1.91 bits per heavy atom. The number of sulfone groups is 1.